The molecule has 0 aliphatic carbocycles. The Labute approximate surface area is 180 Å². The summed E-state index contributed by atoms with van der Waals surface area (Å²) in [6, 6.07) is 15.0. The number of amides is 4. The van der Waals surface area contributed by atoms with Crippen LogP contribution in [0.3, 0.4) is 0 Å². The van der Waals surface area contributed by atoms with Crippen LogP contribution >= 0.6 is 0 Å². The average molecular weight is 424 g/mol. The fraction of sp³-hybridized carbons (Fsp3) is 0.348. The molecule has 0 atom stereocenters. The second-order valence-corrected chi connectivity index (χ2v) is 7.87. The van der Waals surface area contributed by atoms with Crippen LogP contribution < -0.4 is 5.32 Å². The van der Waals surface area contributed by atoms with Gasteiger partial charge in [0.1, 0.15) is 5.82 Å². The van der Waals surface area contributed by atoms with Gasteiger partial charge in [0.25, 0.3) is 0 Å². The Balaban J connectivity index is 1.29. The lowest BCUT2D eigenvalue weighted by Crippen LogP contribution is -2.59. The lowest BCUT2D eigenvalue weighted by atomic mass is 10.0. The van der Waals surface area contributed by atoms with Gasteiger partial charge in [-0.05, 0) is 42.7 Å². The number of hydrogen-bond acceptors (Lipinski definition) is 3. The topological polar surface area (TPSA) is 73.0 Å². The molecule has 2 saturated heterocycles. The van der Waals surface area contributed by atoms with Gasteiger partial charge in [0, 0.05) is 44.5 Å². The SMILES string of the molecule is O=C(Nc1ccccc1)N1CCC(N2CCN(Cc3ccc(F)cc3)C(=O)C2=O)CC1. The summed E-state index contributed by atoms with van der Waals surface area (Å²) in [5.74, 6) is -1.36. The van der Waals surface area contributed by atoms with E-state index in [0.29, 0.717) is 39.0 Å². The molecule has 0 unspecified atom stereocenters. The van der Waals surface area contributed by atoms with Crippen LogP contribution in [0, 0.1) is 5.82 Å². The highest BCUT2D eigenvalue weighted by Gasteiger charge is 2.38. The first kappa shape index (κ1) is 20.8. The highest BCUT2D eigenvalue weighted by atomic mass is 19.1. The number of nitrogens with zero attached hydrogens (tertiary/aromatic N) is 3. The van der Waals surface area contributed by atoms with Gasteiger partial charge in [0.15, 0.2) is 0 Å². The van der Waals surface area contributed by atoms with E-state index in [0.717, 1.165) is 11.3 Å². The summed E-state index contributed by atoms with van der Waals surface area (Å²) in [5.41, 5.74) is 1.53. The molecule has 0 spiro atoms. The van der Waals surface area contributed by atoms with Crippen LogP contribution in [0.1, 0.15) is 18.4 Å². The Bertz CT molecular complexity index is 943. The van der Waals surface area contributed by atoms with Crippen LogP contribution in [0.2, 0.25) is 0 Å². The van der Waals surface area contributed by atoms with Crippen LogP contribution in [-0.2, 0) is 16.1 Å². The van der Waals surface area contributed by atoms with Crippen LogP contribution in [0.25, 0.3) is 0 Å². The largest absolute Gasteiger partial charge is 0.330 e. The Morgan fingerprint density at radius 1 is 0.903 bits per heavy atom. The summed E-state index contributed by atoms with van der Waals surface area (Å²) in [6.07, 6.45) is 1.28. The molecule has 0 bridgehead atoms. The van der Waals surface area contributed by atoms with Gasteiger partial charge in [0.05, 0.1) is 0 Å². The predicted molar refractivity (Wildman–Crippen MR) is 114 cm³/mol. The number of para-hydroxylation sites is 1. The van der Waals surface area contributed by atoms with Gasteiger partial charge in [-0.25, -0.2) is 9.18 Å². The number of halogens is 1. The first-order chi connectivity index (χ1) is 15.0. The summed E-state index contributed by atoms with van der Waals surface area (Å²) in [7, 11) is 0. The minimum absolute atomic E-state index is 0.0507. The molecule has 7 nitrogen and oxygen atoms in total. The van der Waals surface area contributed by atoms with Gasteiger partial charge in [-0.2, -0.15) is 0 Å². The lowest BCUT2D eigenvalue weighted by Gasteiger charge is -2.42. The third kappa shape index (κ3) is 4.84. The van der Waals surface area contributed by atoms with Crippen molar-refractivity contribution in [3.05, 3.63) is 66.0 Å². The van der Waals surface area contributed by atoms with Crippen molar-refractivity contribution in [3.63, 3.8) is 0 Å². The number of likely N-dealkylation sites (tertiary alicyclic amines) is 1. The zero-order chi connectivity index (χ0) is 21.8. The molecule has 2 heterocycles. The summed E-state index contributed by atoms with van der Waals surface area (Å²) >= 11 is 0. The van der Waals surface area contributed by atoms with Crippen molar-refractivity contribution in [2.75, 3.05) is 31.5 Å². The third-order valence-corrected chi connectivity index (χ3v) is 5.85. The number of anilines is 1. The summed E-state index contributed by atoms with van der Waals surface area (Å²) < 4.78 is 13.1. The van der Waals surface area contributed by atoms with Crippen molar-refractivity contribution in [1.82, 2.24) is 14.7 Å². The standard InChI is InChI=1S/C23H25FN4O3/c24-18-8-6-17(7-9-18)16-27-14-15-28(22(30)21(27)29)20-10-12-26(13-11-20)23(31)25-19-4-2-1-3-5-19/h1-9,20H,10-16H2,(H,25,31). The van der Waals surface area contributed by atoms with Crippen molar-refractivity contribution >= 4 is 23.5 Å². The van der Waals surface area contributed by atoms with E-state index in [1.54, 1.807) is 21.9 Å². The van der Waals surface area contributed by atoms with Gasteiger partial charge < -0.3 is 20.0 Å². The normalized spacial score (nSPS) is 17.8. The molecule has 0 aromatic heterocycles. The number of nitrogens with one attached hydrogen (secondary N) is 1. The fourth-order valence-corrected chi connectivity index (χ4v) is 4.10. The van der Waals surface area contributed by atoms with Crippen LogP contribution in [0.4, 0.5) is 14.9 Å². The van der Waals surface area contributed by atoms with Crippen LogP contribution in [-0.4, -0.2) is 64.8 Å². The minimum Gasteiger partial charge on any atom is -0.330 e. The monoisotopic (exact) mass is 424 g/mol. The number of hydrogen-bond donors (Lipinski definition) is 1. The zero-order valence-electron chi connectivity index (χ0n) is 17.2. The van der Waals surface area contributed by atoms with E-state index in [1.165, 1.54) is 17.0 Å². The Morgan fingerprint density at radius 3 is 2.26 bits per heavy atom. The van der Waals surface area contributed by atoms with Crippen LogP contribution in [0.5, 0.6) is 0 Å². The molecular weight excluding hydrogens is 399 g/mol. The van der Waals surface area contributed by atoms with Gasteiger partial charge in [-0.1, -0.05) is 30.3 Å². The Hall–Kier alpha value is -3.42. The maximum absolute atomic E-state index is 13.1. The lowest BCUT2D eigenvalue weighted by molar-refractivity contribution is -0.158. The van der Waals surface area contributed by atoms with E-state index in [-0.39, 0.29) is 24.4 Å². The van der Waals surface area contributed by atoms with Gasteiger partial charge in [-0.15, -0.1) is 0 Å². The number of piperidine rings is 1. The van der Waals surface area contributed by atoms with Gasteiger partial charge >= 0.3 is 17.8 Å². The van der Waals surface area contributed by atoms with E-state index in [2.05, 4.69) is 5.32 Å². The molecular formula is C23H25FN4O3. The molecule has 2 aromatic rings. The first-order valence-electron chi connectivity index (χ1n) is 10.5. The molecule has 31 heavy (non-hydrogen) atoms. The number of rotatable bonds is 4. The number of carbonyl (C=O) groups excluding carboxylic acids is 3. The maximum atomic E-state index is 13.1. The first-order valence-corrected chi connectivity index (χ1v) is 10.5. The highest BCUT2D eigenvalue weighted by Crippen LogP contribution is 2.21. The van der Waals surface area contributed by atoms with E-state index in [9.17, 15) is 18.8 Å². The van der Waals surface area contributed by atoms with Crippen molar-refractivity contribution < 1.29 is 18.8 Å². The van der Waals surface area contributed by atoms with E-state index >= 15 is 0 Å². The number of carbonyl (C=O) groups is 3. The molecule has 4 amide bonds. The molecule has 2 fully saturated rings. The molecule has 162 valence electrons. The third-order valence-electron chi connectivity index (χ3n) is 5.85. The minimum atomic E-state index is -0.528. The van der Waals surface area contributed by atoms with Gasteiger partial charge in [0.2, 0.25) is 0 Å². The van der Waals surface area contributed by atoms with Gasteiger partial charge in [-0.3, -0.25) is 9.59 Å². The number of piperazine rings is 1. The Morgan fingerprint density at radius 2 is 1.58 bits per heavy atom. The fourth-order valence-electron chi connectivity index (χ4n) is 4.10. The maximum Gasteiger partial charge on any atom is 0.321 e. The summed E-state index contributed by atoms with van der Waals surface area (Å²) in [5, 5.41) is 2.88. The molecule has 1 N–H and O–H groups in total. The Kier molecular flexibility index (Phi) is 6.16. The summed E-state index contributed by atoms with van der Waals surface area (Å²) in [4.78, 5) is 42.7. The molecule has 2 aromatic carbocycles. The summed E-state index contributed by atoms with van der Waals surface area (Å²) in [6.45, 7) is 2.25. The molecule has 0 saturated carbocycles. The van der Waals surface area contributed by atoms with Crippen molar-refractivity contribution in [2.24, 2.45) is 0 Å². The van der Waals surface area contributed by atoms with Crippen molar-refractivity contribution in [3.8, 4) is 0 Å². The molecule has 0 radical (unpaired) electrons. The van der Waals surface area contributed by atoms with E-state index in [1.807, 2.05) is 30.3 Å². The molecule has 2 aliphatic rings. The molecule has 8 heteroatoms. The average Bonchev–Trinajstić information content (AvgIpc) is 2.79. The number of urea groups is 1. The van der Waals surface area contributed by atoms with Crippen molar-refractivity contribution in [1.29, 1.82) is 0 Å². The van der Waals surface area contributed by atoms with E-state index < -0.39 is 11.8 Å². The second-order valence-electron chi connectivity index (χ2n) is 7.87. The van der Waals surface area contributed by atoms with Crippen molar-refractivity contribution in [2.45, 2.75) is 25.4 Å². The molecule has 4 rings (SSSR count). The smallest absolute Gasteiger partial charge is 0.321 e. The van der Waals surface area contributed by atoms with Crippen LogP contribution in [0.15, 0.2) is 54.6 Å². The quantitative estimate of drug-likeness (QED) is 0.767. The predicted octanol–water partition coefficient (Wildman–Crippen LogP) is 2.69. The number of benzene rings is 2. The second kappa shape index (κ2) is 9.16. The highest BCUT2D eigenvalue weighted by molar-refractivity contribution is 6.35. The van der Waals surface area contributed by atoms with E-state index in [4.69, 9.17) is 0 Å². The zero-order valence-corrected chi connectivity index (χ0v) is 17.2. The molecule has 2 aliphatic heterocycles.